The normalized spacial score (nSPS) is 37.8. The molecule has 0 heterocycles. The molecule has 3 rings (SSSR count). The molecule has 0 radical (unpaired) electrons. The highest BCUT2D eigenvalue weighted by atomic mass is 19.1. The second kappa shape index (κ2) is 2.79. The molecule has 2 unspecified atom stereocenters. The number of fused-ring (bicyclic) bond motifs is 1. The summed E-state index contributed by atoms with van der Waals surface area (Å²) in [4.78, 5) is 0. The quantitative estimate of drug-likeness (QED) is 0.755. The summed E-state index contributed by atoms with van der Waals surface area (Å²) in [7, 11) is 0. The minimum absolute atomic E-state index is 0.192. The highest BCUT2D eigenvalue weighted by molar-refractivity contribution is 5.35. The van der Waals surface area contributed by atoms with Gasteiger partial charge in [0.2, 0.25) is 0 Å². The molecular formula is C12H12F2O. The Kier molecular flexibility index (Phi) is 1.72. The summed E-state index contributed by atoms with van der Waals surface area (Å²) < 4.78 is 26.2. The van der Waals surface area contributed by atoms with E-state index in [2.05, 4.69) is 0 Å². The van der Waals surface area contributed by atoms with Crippen LogP contribution in [0.15, 0.2) is 18.2 Å². The highest BCUT2D eigenvalue weighted by Gasteiger charge is 2.66. The van der Waals surface area contributed by atoms with Gasteiger partial charge in [-0.2, -0.15) is 0 Å². The molecule has 1 aromatic carbocycles. The van der Waals surface area contributed by atoms with Crippen molar-refractivity contribution in [2.75, 3.05) is 0 Å². The maximum absolute atomic E-state index is 13.5. The lowest BCUT2D eigenvalue weighted by atomic mass is 9.98. The lowest BCUT2D eigenvalue weighted by Gasteiger charge is -2.15. The fraction of sp³-hybridized carbons (Fsp3) is 0.500. The summed E-state index contributed by atoms with van der Waals surface area (Å²) in [5, 5.41) is 10.3. The first-order chi connectivity index (χ1) is 7.14. The molecule has 2 atom stereocenters. The SMILES string of the molecule is OC1(c2ccc(F)cc2F)C2CCCC21. The third-order valence-electron chi connectivity index (χ3n) is 3.90. The van der Waals surface area contributed by atoms with Gasteiger partial charge in [-0.25, -0.2) is 8.78 Å². The van der Waals surface area contributed by atoms with Crippen molar-refractivity contribution in [3.8, 4) is 0 Å². The summed E-state index contributed by atoms with van der Waals surface area (Å²) >= 11 is 0. The van der Waals surface area contributed by atoms with E-state index in [0.717, 1.165) is 25.3 Å². The summed E-state index contributed by atoms with van der Waals surface area (Å²) in [6.07, 6.45) is 3.02. The standard InChI is InChI=1S/C12H12F2O/c13-7-4-5-10(11(14)6-7)12(15)8-2-1-3-9(8)12/h4-6,8-9,15H,1-3H2. The molecule has 0 aliphatic heterocycles. The summed E-state index contributed by atoms with van der Waals surface area (Å²) in [6.45, 7) is 0. The molecule has 1 aromatic rings. The van der Waals surface area contributed by atoms with Crippen molar-refractivity contribution in [1.29, 1.82) is 0 Å². The minimum atomic E-state index is -1.00. The molecule has 2 saturated carbocycles. The first-order valence-corrected chi connectivity index (χ1v) is 5.32. The molecule has 1 nitrogen and oxygen atoms in total. The average molecular weight is 210 g/mol. The van der Waals surface area contributed by atoms with Crippen molar-refractivity contribution in [2.45, 2.75) is 24.9 Å². The van der Waals surface area contributed by atoms with Crippen LogP contribution < -0.4 is 0 Å². The largest absolute Gasteiger partial charge is 0.384 e. The van der Waals surface area contributed by atoms with Crippen molar-refractivity contribution < 1.29 is 13.9 Å². The van der Waals surface area contributed by atoms with Crippen LogP contribution in [0.25, 0.3) is 0 Å². The molecule has 3 heteroatoms. The maximum atomic E-state index is 13.5. The summed E-state index contributed by atoms with van der Waals surface area (Å²) in [6, 6.07) is 3.44. The van der Waals surface area contributed by atoms with Gasteiger partial charge in [0.15, 0.2) is 0 Å². The molecule has 80 valence electrons. The van der Waals surface area contributed by atoms with Crippen LogP contribution in [-0.2, 0) is 5.60 Å². The Bertz CT molecular complexity index is 406. The van der Waals surface area contributed by atoms with E-state index in [1.54, 1.807) is 0 Å². The fourth-order valence-electron chi connectivity index (χ4n) is 3.14. The first-order valence-electron chi connectivity index (χ1n) is 5.32. The van der Waals surface area contributed by atoms with Gasteiger partial charge >= 0.3 is 0 Å². The molecule has 2 aliphatic carbocycles. The number of rotatable bonds is 1. The van der Waals surface area contributed by atoms with Gasteiger partial charge in [0.25, 0.3) is 0 Å². The zero-order chi connectivity index (χ0) is 10.6. The molecule has 1 N–H and O–H groups in total. The van der Waals surface area contributed by atoms with Crippen LogP contribution in [0.4, 0.5) is 8.78 Å². The second-order valence-electron chi connectivity index (χ2n) is 4.59. The Morgan fingerprint density at radius 2 is 1.87 bits per heavy atom. The van der Waals surface area contributed by atoms with Crippen LogP contribution in [0, 0.1) is 23.5 Å². The number of halogens is 2. The van der Waals surface area contributed by atoms with E-state index < -0.39 is 17.2 Å². The van der Waals surface area contributed by atoms with Crippen molar-refractivity contribution in [1.82, 2.24) is 0 Å². The zero-order valence-electron chi connectivity index (χ0n) is 8.21. The van der Waals surface area contributed by atoms with Crippen molar-refractivity contribution in [3.63, 3.8) is 0 Å². The van der Waals surface area contributed by atoms with Gasteiger partial charge in [0.1, 0.15) is 11.6 Å². The Morgan fingerprint density at radius 1 is 1.20 bits per heavy atom. The van der Waals surface area contributed by atoms with Crippen molar-refractivity contribution in [2.24, 2.45) is 11.8 Å². The predicted molar refractivity (Wildman–Crippen MR) is 51.1 cm³/mol. The second-order valence-corrected chi connectivity index (χ2v) is 4.59. The van der Waals surface area contributed by atoms with E-state index in [9.17, 15) is 13.9 Å². The summed E-state index contributed by atoms with van der Waals surface area (Å²) in [5.41, 5.74) is -0.727. The lowest BCUT2D eigenvalue weighted by Crippen LogP contribution is -2.15. The average Bonchev–Trinajstić information content (AvgIpc) is 2.63. The lowest BCUT2D eigenvalue weighted by molar-refractivity contribution is 0.101. The van der Waals surface area contributed by atoms with Gasteiger partial charge in [0, 0.05) is 11.6 Å². The molecule has 0 spiro atoms. The molecule has 2 fully saturated rings. The van der Waals surface area contributed by atoms with E-state index >= 15 is 0 Å². The number of hydrogen-bond donors (Lipinski definition) is 1. The Labute approximate surface area is 86.7 Å². The highest BCUT2D eigenvalue weighted by Crippen LogP contribution is 2.66. The predicted octanol–water partition coefficient (Wildman–Crippen LogP) is 2.58. The van der Waals surface area contributed by atoms with Gasteiger partial charge < -0.3 is 5.11 Å². The fourth-order valence-corrected chi connectivity index (χ4v) is 3.14. The van der Waals surface area contributed by atoms with Crippen LogP contribution in [0.1, 0.15) is 24.8 Å². The topological polar surface area (TPSA) is 20.2 Å². The molecule has 2 aliphatic rings. The molecule has 0 bridgehead atoms. The van der Waals surface area contributed by atoms with Crippen LogP contribution in [-0.4, -0.2) is 5.11 Å². The molecule has 0 aromatic heterocycles. The van der Waals surface area contributed by atoms with Crippen molar-refractivity contribution in [3.05, 3.63) is 35.4 Å². The number of benzene rings is 1. The third-order valence-corrected chi connectivity index (χ3v) is 3.90. The Morgan fingerprint density at radius 3 is 2.47 bits per heavy atom. The smallest absolute Gasteiger partial charge is 0.132 e. The van der Waals surface area contributed by atoms with E-state index in [4.69, 9.17) is 0 Å². The van der Waals surface area contributed by atoms with Crippen LogP contribution in [0.3, 0.4) is 0 Å². The van der Waals surface area contributed by atoms with Gasteiger partial charge in [-0.1, -0.05) is 12.5 Å². The minimum Gasteiger partial charge on any atom is -0.384 e. The van der Waals surface area contributed by atoms with Gasteiger partial charge in [-0.15, -0.1) is 0 Å². The van der Waals surface area contributed by atoms with Crippen LogP contribution in [0.5, 0.6) is 0 Å². The maximum Gasteiger partial charge on any atom is 0.132 e. The summed E-state index contributed by atoms with van der Waals surface area (Å²) in [5.74, 6) is -0.826. The Hall–Kier alpha value is -0.960. The zero-order valence-corrected chi connectivity index (χ0v) is 8.21. The van der Waals surface area contributed by atoms with E-state index in [1.807, 2.05) is 0 Å². The van der Waals surface area contributed by atoms with Gasteiger partial charge in [0.05, 0.1) is 5.60 Å². The van der Waals surface area contributed by atoms with E-state index in [-0.39, 0.29) is 17.4 Å². The molecule has 15 heavy (non-hydrogen) atoms. The van der Waals surface area contributed by atoms with Crippen LogP contribution in [0.2, 0.25) is 0 Å². The first kappa shape index (κ1) is 9.28. The van der Waals surface area contributed by atoms with Gasteiger partial charge in [-0.05, 0) is 30.7 Å². The number of hydrogen-bond acceptors (Lipinski definition) is 1. The number of aliphatic hydroxyl groups is 1. The van der Waals surface area contributed by atoms with E-state index in [0.29, 0.717) is 0 Å². The monoisotopic (exact) mass is 210 g/mol. The Balaban J connectivity index is 2.00. The molecule has 0 saturated heterocycles. The van der Waals surface area contributed by atoms with Crippen LogP contribution >= 0.6 is 0 Å². The van der Waals surface area contributed by atoms with Gasteiger partial charge in [-0.3, -0.25) is 0 Å². The third kappa shape index (κ3) is 1.10. The molecular weight excluding hydrogens is 198 g/mol. The molecule has 0 amide bonds. The van der Waals surface area contributed by atoms with Crippen molar-refractivity contribution >= 4 is 0 Å². The van der Waals surface area contributed by atoms with E-state index in [1.165, 1.54) is 12.1 Å².